The number of rotatable bonds is 1. The largest absolute Gasteiger partial charge is 0.506 e. The highest BCUT2D eigenvalue weighted by Gasteiger charge is 2.02. The second-order valence-corrected chi connectivity index (χ2v) is 3.06. The summed E-state index contributed by atoms with van der Waals surface area (Å²) in [6.45, 7) is 0. The van der Waals surface area contributed by atoms with Gasteiger partial charge in [-0.25, -0.2) is 0 Å². The molecule has 0 bridgehead atoms. The summed E-state index contributed by atoms with van der Waals surface area (Å²) in [6, 6.07) is 5.08. The second kappa shape index (κ2) is 3.11. The lowest BCUT2D eigenvalue weighted by Gasteiger charge is -1.99. The van der Waals surface area contributed by atoms with Crippen molar-refractivity contribution >= 4 is 11.6 Å². The van der Waals surface area contributed by atoms with Gasteiger partial charge in [0.25, 0.3) is 0 Å². The molecule has 2 aromatic rings. The first-order valence-electron chi connectivity index (χ1n) is 3.75. The molecule has 2 N–H and O–H groups in total. The number of aromatic amines is 1. The van der Waals surface area contributed by atoms with Crippen molar-refractivity contribution in [2.24, 2.45) is 0 Å². The van der Waals surface area contributed by atoms with Gasteiger partial charge >= 0.3 is 0 Å². The summed E-state index contributed by atoms with van der Waals surface area (Å²) in [5.74, 6) is 0.0837. The van der Waals surface area contributed by atoms with E-state index >= 15 is 0 Å². The minimum atomic E-state index is 0.0837. The molecule has 1 heterocycles. The number of H-pyrrole nitrogens is 1. The topological polar surface area (TPSA) is 48.9 Å². The molecule has 0 spiro atoms. The molecule has 0 atom stereocenters. The third-order valence-electron chi connectivity index (χ3n) is 1.78. The van der Waals surface area contributed by atoms with Gasteiger partial charge in [0.2, 0.25) is 0 Å². The molecule has 2 rings (SSSR count). The van der Waals surface area contributed by atoms with E-state index in [0.29, 0.717) is 5.02 Å². The van der Waals surface area contributed by atoms with Gasteiger partial charge in [0.1, 0.15) is 5.75 Å². The summed E-state index contributed by atoms with van der Waals surface area (Å²) in [5, 5.41) is 16.2. The lowest BCUT2D eigenvalue weighted by molar-refractivity contribution is 0.476. The predicted octanol–water partition coefficient (Wildman–Crippen LogP) is 2.44. The summed E-state index contributed by atoms with van der Waals surface area (Å²) in [6.07, 6.45) is 3.44. The highest BCUT2D eigenvalue weighted by molar-refractivity contribution is 6.32. The summed E-state index contributed by atoms with van der Waals surface area (Å²) < 4.78 is 0. The highest BCUT2D eigenvalue weighted by Crippen LogP contribution is 2.28. The number of phenolic OH excluding ortho intramolecular Hbond substituents is 1. The Kier molecular flexibility index (Phi) is 1.94. The molecule has 0 fully saturated rings. The van der Waals surface area contributed by atoms with Crippen molar-refractivity contribution in [1.82, 2.24) is 10.2 Å². The molecule has 0 saturated heterocycles. The lowest BCUT2D eigenvalue weighted by Crippen LogP contribution is -1.74. The molecule has 0 unspecified atom stereocenters. The van der Waals surface area contributed by atoms with Crippen LogP contribution in [0, 0.1) is 0 Å². The van der Waals surface area contributed by atoms with Crippen LogP contribution >= 0.6 is 11.6 Å². The van der Waals surface area contributed by atoms with E-state index in [4.69, 9.17) is 11.6 Å². The fourth-order valence-electron chi connectivity index (χ4n) is 1.10. The van der Waals surface area contributed by atoms with E-state index in [2.05, 4.69) is 10.2 Å². The number of aromatic nitrogens is 2. The smallest absolute Gasteiger partial charge is 0.134 e. The molecule has 66 valence electrons. The van der Waals surface area contributed by atoms with Crippen LogP contribution < -0.4 is 0 Å². The molecule has 0 amide bonds. The normalized spacial score (nSPS) is 10.2. The fourth-order valence-corrected chi connectivity index (χ4v) is 1.22. The van der Waals surface area contributed by atoms with Crippen LogP contribution in [-0.2, 0) is 0 Å². The Morgan fingerprint density at radius 2 is 2.15 bits per heavy atom. The number of aromatic hydroxyl groups is 1. The van der Waals surface area contributed by atoms with Crippen LogP contribution in [0.3, 0.4) is 0 Å². The van der Waals surface area contributed by atoms with E-state index in [-0.39, 0.29) is 5.75 Å². The second-order valence-electron chi connectivity index (χ2n) is 2.65. The zero-order valence-corrected chi connectivity index (χ0v) is 7.42. The van der Waals surface area contributed by atoms with Gasteiger partial charge in [0.05, 0.1) is 11.2 Å². The maximum atomic E-state index is 9.34. The molecule has 13 heavy (non-hydrogen) atoms. The van der Waals surface area contributed by atoms with Crippen molar-refractivity contribution in [2.45, 2.75) is 0 Å². The molecule has 1 aromatic heterocycles. The van der Waals surface area contributed by atoms with Crippen LogP contribution in [0.4, 0.5) is 0 Å². The first-order chi connectivity index (χ1) is 6.27. The quantitative estimate of drug-likeness (QED) is 0.733. The number of benzene rings is 1. The number of nitrogens with one attached hydrogen (secondary N) is 1. The highest BCUT2D eigenvalue weighted by atomic mass is 35.5. The van der Waals surface area contributed by atoms with Gasteiger partial charge in [0, 0.05) is 11.8 Å². The van der Waals surface area contributed by atoms with E-state index in [9.17, 15) is 5.11 Å². The summed E-state index contributed by atoms with van der Waals surface area (Å²) in [4.78, 5) is 0. The van der Waals surface area contributed by atoms with Crippen LogP contribution in [0.5, 0.6) is 5.75 Å². The Labute approximate surface area is 80.0 Å². The van der Waals surface area contributed by atoms with Gasteiger partial charge < -0.3 is 5.11 Å². The van der Waals surface area contributed by atoms with Crippen LogP contribution in [-0.4, -0.2) is 15.3 Å². The molecular weight excluding hydrogens is 188 g/mol. The van der Waals surface area contributed by atoms with E-state index in [1.165, 1.54) is 0 Å². The Morgan fingerprint density at radius 1 is 1.31 bits per heavy atom. The van der Waals surface area contributed by atoms with Crippen LogP contribution in [0.1, 0.15) is 0 Å². The summed E-state index contributed by atoms with van der Waals surface area (Å²) in [5.41, 5.74) is 1.81. The van der Waals surface area contributed by atoms with Crippen molar-refractivity contribution in [3.8, 4) is 16.9 Å². The predicted molar refractivity (Wildman–Crippen MR) is 50.7 cm³/mol. The minimum Gasteiger partial charge on any atom is -0.506 e. The molecule has 0 aliphatic heterocycles. The van der Waals surface area contributed by atoms with Crippen molar-refractivity contribution in [1.29, 1.82) is 0 Å². The van der Waals surface area contributed by atoms with Crippen LogP contribution in [0.25, 0.3) is 11.1 Å². The molecule has 3 nitrogen and oxygen atoms in total. The average molecular weight is 195 g/mol. The van der Waals surface area contributed by atoms with Gasteiger partial charge in [-0.05, 0) is 17.7 Å². The first kappa shape index (κ1) is 8.13. The van der Waals surface area contributed by atoms with Crippen molar-refractivity contribution in [3.63, 3.8) is 0 Å². The zero-order chi connectivity index (χ0) is 9.26. The monoisotopic (exact) mass is 194 g/mol. The van der Waals surface area contributed by atoms with Crippen molar-refractivity contribution in [2.75, 3.05) is 0 Å². The van der Waals surface area contributed by atoms with E-state index in [1.54, 1.807) is 24.5 Å². The van der Waals surface area contributed by atoms with E-state index in [0.717, 1.165) is 11.1 Å². The average Bonchev–Trinajstić information content (AvgIpc) is 2.62. The van der Waals surface area contributed by atoms with Crippen LogP contribution in [0.2, 0.25) is 5.02 Å². The van der Waals surface area contributed by atoms with Crippen molar-refractivity contribution in [3.05, 3.63) is 35.6 Å². The SMILES string of the molecule is Oc1cc(-c2cn[nH]c2)ccc1Cl. The van der Waals surface area contributed by atoms with Gasteiger partial charge in [-0.15, -0.1) is 0 Å². The Morgan fingerprint density at radius 3 is 2.77 bits per heavy atom. The van der Waals surface area contributed by atoms with Gasteiger partial charge in [0.15, 0.2) is 0 Å². The molecular formula is C9H7ClN2O. The summed E-state index contributed by atoms with van der Waals surface area (Å²) >= 11 is 5.67. The van der Waals surface area contributed by atoms with Gasteiger partial charge in [-0.2, -0.15) is 5.10 Å². The first-order valence-corrected chi connectivity index (χ1v) is 4.13. The summed E-state index contributed by atoms with van der Waals surface area (Å²) in [7, 11) is 0. The molecule has 1 aromatic carbocycles. The molecule has 4 heteroatoms. The van der Waals surface area contributed by atoms with E-state index < -0.39 is 0 Å². The maximum Gasteiger partial charge on any atom is 0.134 e. The van der Waals surface area contributed by atoms with Gasteiger partial charge in [-0.3, -0.25) is 5.10 Å². The third kappa shape index (κ3) is 1.51. The Bertz CT molecular complexity index is 412. The standard InChI is InChI=1S/C9H7ClN2O/c10-8-2-1-6(3-9(8)13)7-4-11-12-5-7/h1-5,13H,(H,11,12). The molecule has 0 radical (unpaired) electrons. The van der Waals surface area contributed by atoms with Crippen LogP contribution in [0.15, 0.2) is 30.6 Å². The molecule has 0 saturated carbocycles. The zero-order valence-electron chi connectivity index (χ0n) is 6.66. The number of hydrogen-bond acceptors (Lipinski definition) is 2. The number of hydrogen-bond donors (Lipinski definition) is 2. The maximum absolute atomic E-state index is 9.34. The number of nitrogens with zero attached hydrogens (tertiary/aromatic N) is 1. The van der Waals surface area contributed by atoms with E-state index in [1.807, 2.05) is 6.07 Å². The van der Waals surface area contributed by atoms with Crippen molar-refractivity contribution < 1.29 is 5.11 Å². The van der Waals surface area contributed by atoms with Gasteiger partial charge in [-0.1, -0.05) is 17.7 Å². The lowest BCUT2D eigenvalue weighted by atomic mass is 10.1. The Balaban J connectivity index is 2.49. The fraction of sp³-hybridized carbons (Fsp3) is 0. The minimum absolute atomic E-state index is 0.0837. The number of halogens is 1. The molecule has 0 aliphatic rings. The third-order valence-corrected chi connectivity index (χ3v) is 2.10. The molecule has 0 aliphatic carbocycles. The Hall–Kier alpha value is -1.48. The number of phenols is 1.